The van der Waals surface area contributed by atoms with Crippen LogP contribution in [0.4, 0.5) is 0 Å². The fourth-order valence-electron chi connectivity index (χ4n) is 2.80. The first-order valence-electron chi connectivity index (χ1n) is 9.88. The number of carbonyl (C=O) groups is 1. The molecule has 0 saturated carbocycles. The summed E-state index contributed by atoms with van der Waals surface area (Å²) in [6, 6.07) is 10.0. The van der Waals surface area contributed by atoms with Gasteiger partial charge in [-0.1, -0.05) is 37.3 Å². The largest absolute Gasteiger partial charge is 0.357 e. The van der Waals surface area contributed by atoms with Crippen LogP contribution in [0.1, 0.15) is 32.2 Å². The molecule has 1 amide bonds. The van der Waals surface area contributed by atoms with Gasteiger partial charge in [-0.2, -0.15) is 0 Å². The van der Waals surface area contributed by atoms with Crippen LogP contribution in [-0.2, 0) is 24.3 Å². The number of amides is 1. The van der Waals surface area contributed by atoms with E-state index in [2.05, 4.69) is 32.7 Å². The minimum absolute atomic E-state index is 0.00985. The number of aromatic nitrogens is 3. The average molecular weight is 386 g/mol. The quantitative estimate of drug-likeness (QED) is 0.477. The molecule has 2 N–H and O–H groups in total. The number of hydrogen-bond acceptors (Lipinski definition) is 4. The maximum absolute atomic E-state index is 12.6. The van der Waals surface area contributed by atoms with Gasteiger partial charge in [0.2, 0.25) is 5.91 Å². The highest BCUT2D eigenvalue weighted by atomic mass is 16.2. The maximum Gasteiger partial charge on any atom is 0.244 e. The van der Waals surface area contributed by atoms with Crippen molar-refractivity contribution in [1.29, 1.82) is 0 Å². The smallest absolute Gasteiger partial charge is 0.244 e. The van der Waals surface area contributed by atoms with Crippen LogP contribution in [0.15, 0.2) is 41.7 Å². The van der Waals surface area contributed by atoms with E-state index >= 15 is 0 Å². The summed E-state index contributed by atoms with van der Waals surface area (Å²) in [5.74, 6) is 1.60. The Balaban J connectivity index is 1.88. The van der Waals surface area contributed by atoms with Crippen molar-refractivity contribution in [1.82, 2.24) is 30.3 Å². The third-order valence-corrected chi connectivity index (χ3v) is 4.32. The monoisotopic (exact) mass is 385 g/mol. The molecule has 0 spiro atoms. The second-order valence-corrected chi connectivity index (χ2v) is 6.31. The van der Waals surface area contributed by atoms with E-state index in [-0.39, 0.29) is 12.5 Å². The molecule has 1 heterocycles. The van der Waals surface area contributed by atoms with E-state index in [1.807, 2.05) is 53.6 Å². The number of nitrogens with one attached hydrogen (secondary N) is 2. The molecule has 0 unspecified atom stereocenters. The van der Waals surface area contributed by atoms with Crippen LogP contribution in [-0.4, -0.2) is 57.7 Å². The molecule has 0 aliphatic carbocycles. The fraction of sp³-hybridized carbons (Fsp3) is 0.500. The van der Waals surface area contributed by atoms with Crippen molar-refractivity contribution in [2.24, 2.45) is 4.99 Å². The summed E-state index contributed by atoms with van der Waals surface area (Å²) in [7, 11) is 0. The van der Waals surface area contributed by atoms with Gasteiger partial charge in [0.25, 0.3) is 0 Å². The van der Waals surface area contributed by atoms with E-state index in [1.54, 1.807) is 6.33 Å². The standard InChI is InChI=1S/C20H31N7O/c1-4-18-25-24-16-27(18)13-12-22-20(21-5-2)23-14-19(28)26(6-3)15-17-10-8-7-9-11-17/h7-11,16H,4-6,12-15H2,1-3H3,(H2,21,22,23). The SMILES string of the molecule is CCNC(=NCC(=O)N(CC)Cc1ccccc1)NCCn1cnnc1CC. The van der Waals surface area contributed by atoms with Crippen LogP contribution in [0.5, 0.6) is 0 Å². The summed E-state index contributed by atoms with van der Waals surface area (Å²) < 4.78 is 2.01. The molecular weight excluding hydrogens is 354 g/mol. The Labute approximate surface area is 167 Å². The van der Waals surface area contributed by atoms with Gasteiger partial charge in [0, 0.05) is 39.1 Å². The topological polar surface area (TPSA) is 87.4 Å². The summed E-state index contributed by atoms with van der Waals surface area (Å²) >= 11 is 0. The molecular formula is C20H31N7O. The van der Waals surface area contributed by atoms with E-state index in [0.717, 1.165) is 30.9 Å². The number of guanidine groups is 1. The van der Waals surface area contributed by atoms with Gasteiger partial charge in [0.05, 0.1) is 0 Å². The molecule has 8 heteroatoms. The number of hydrogen-bond donors (Lipinski definition) is 2. The first kappa shape index (κ1) is 21.4. The number of nitrogens with zero attached hydrogens (tertiary/aromatic N) is 5. The van der Waals surface area contributed by atoms with E-state index in [1.165, 1.54) is 0 Å². The molecule has 1 aromatic heterocycles. The van der Waals surface area contributed by atoms with Crippen molar-refractivity contribution >= 4 is 11.9 Å². The lowest BCUT2D eigenvalue weighted by molar-refractivity contribution is -0.130. The Hall–Kier alpha value is -2.90. The van der Waals surface area contributed by atoms with Crippen molar-refractivity contribution in [2.75, 3.05) is 26.2 Å². The van der Waals surface area contributed by atoms with E-state index in [9.17, 15) is 4.79 Å². The molecule has 8 nitrogen and oxygen atoms in total. The summed E-state index contributed by atoms with van der Waals surface area (Å²) in [5.41, 5.74) is 1.12. The zero-order valence-electron chi connectivity index (χ0n) is 17.1. The second kappa shape index (κ2) is 11.7. The molecule has 0 radical (unpaired) electrons. The highest BCUT2D eigenvalue weighted by Gasteiger charge is 2.12. The third-order valence-electron chi connectivity index (χ3n) is 4.32. The summed E-state index contributed by atoms with van der Waals surface area (Å²) in [6.07, 6.45) is 2.58. The highest BCUT2D eigenvalue weighted by molar-refractivity contribution is 5.84. The molecule has 0 aliphatic rings. The number of aliphatic imine (C=N–C) groups is 1. The predicted octanol–water partition coefficient (Wildman–Crippen LogP) is 1.44. The Morgan fingerprint density at radius 3 is 2.64 bits per heavy atom. The van der Waals surface area contributed by atoms with Crippen molar-refractivity contribution in [3.05, 3.63) is 48.0 Å². The van der Waals surface area contributed by atoms with Crippen LogP contribution < -0.4 is 10.6 Å². The maximum atomic E-state index is 12.6. The summed E-state index contributed by atoms with van der Waals surface area (Å²) in [5, 5.41) is 14.5. The van der Waals surface area contributed by atoms with Gasteiger partial charge in [0.15, 0.2) is 5.96 Å². The number of benzene rings is 1. The fourth-order valence-corrected chi connectivity index (χ4v) is 2.80. The van der Waals surface area contributed by atoms with Gasteiger partial charge in [-0.05, 0) is 19.4 Å². The molecule has 2 aromatic rings. The zero-order chi connectivity index (χ0) is 20.2. The molecule has 1 aromatic carbocycles. The number of rotatable bonds is 10. The molecule has 0 bridgehead atoms. The number of carbonyl (C=O) groups excluding carboxylic acids is 1. The normalized spacial score (nSPS) is 11.3. The molecule has 28 heavy (non-hydrogen) atoms. The number of likely N-dealkylation sites (N-methyl/N-ethyl adjacent to an activating group) is 1. The van der Waals surface area contributed by atoms with Crippen molar-refractivity contribution in [3.8, 4) is 0 Å². The molecule has 0 atom stereocenters. The van der Waals surface area contributed by atoms with Crippen LogP contribution in [0, 0.1) is 0 Å². The predicted molar refractivity (Wildman–Crippen MR) is 111 cm³/mol. The summed E-state index contributed by atoms with van der Waals surface area (Å²) in [4.78, 5) is 18.8. The highest BCUT2D eigenvalue weighted by Crippen LogP contribution is 2.04. The van der Waals surface area contributed by atoms with Gasteiger partial charge in [0.1, 0.15) is 18.7 Å². The van der Waals surface area contributed by atoms with Gasteiger partial charge in [-0.15, -0.1) is 10.2 Å². The molecule has 152 valence electrons. The molecule has 2 rings (SSSR count). The van der Waals surface area contributed by atoms with E-state index in [0.29, 0.717) is 25.6 Å². The minimum Gasteiger partial charge on any atom is -0.357 e. The van der Waals surface area contributed by atoms with Gasteiger partial charge < -0.3 is 20.1 Å². The lowest BCUT2D eigenvalue weighted by Crippen LogP contribution is -2.40. The van der Waals surface area contributed by atoms with Gasteiger partial charge in [-0.25, -0.2) is 4.99 Å². The molecule has 0 aliphatic heterocycles. The molecule has 0 fully saturated rings. The Morgan fingerprint density at radius 2 is 1.96 bits per heavy atom. The molecule has 0 saturated heterocycles. The minimum atomic E-state index is 0.00985. The van der Waals surface area contributed by atoms with Gasteiger partial charge in [-0.3, -0.25) is 4.79 Å². The lowest BCUT2D eigenvalue weighted by atomic mass is 10.2. The Kier molecular flexibility index (Phi) is 8.97. The lowest BCUT2D eigenvalue weighted by Gasteiger charge is -2.20. The van der Waals surface area contributed by atoms with Crippen molar-refractivity contribution in [2.45, 2.75) is 40.3 Å². The van der Waals surface area contributed by atoms with Crippen LogP contribution in [0.3, 0.4) is 0 Å². The summed E-state index contributed by atoms with van der Waals surface area (Å²) in [6.45, 7) is 9.55. The third kappa shape index (κ3) is 6.68. The van der Waals surface area contributed by atoms with E-state index < -0.39 is 0 Å². The number of aryl methyl sites for hydroxylation is 1. The van der Waals surface area contributed by atoms with Gasteiger partial charge >= 0.3 is 0 Å². The van der Waals surface area contributed by atoms with E-state index in [4.69, 9.17) is 0 Å². The Bertz CT molecular complexity index is 742. The average Bonchev–Trinajstić information content (AvgIpc) is 3.18. The van der Waals surface area contributed by atoms with Crippen LogP contribution >= 0.6 is 0 Å². The van der Waals surface area contributed by atoms with Crippen LogP contribution in [0.25, 0.3) is 0 Å². The Morgan fingerprint density at radius 1 is 1.18 bits per heavy atom. The first-order chi connectivity index (χ1) is 13.7. The van der Waals surface area contributed by atoms with Crippen molar-refractivity contribution < 1.29 is 4.79 Å². The van der Waals surface area contributed by atoms with Crippen molar-refractivity contribution in [3.63, 3.8) is 0 Å². The van der Waals surface area contributed by atoms with Crippen LogP contribution in [0.2, 0.25) is 0 Å². The second-order valence-electron chi connectivity index (χ2n) is 6.31. The zero-order valence-corrected chi connectivity index (χ0v) is 17.1. The first-order valence-corrected chi connectivity index (χ1v) is 9.88.